The van der Waals surface area contributed by atoms with Crippen LogP contribution >= 0.6 is 0 Å². The molecule has 0 spiro atoms. The fourth-order valence-electron chi connectivity index (χ4n) is 1.90. The number of hydrogen-bond acceptors (Lipinski definition) is 6. The smallest absolute Gasteiger partial charge is 0.247 e. The predicted molar refractivity (Wildman–Crippen MR) is 77.9 cm³/mol. The number of carbonyl (C=O) groups is 1. The summed E-state index contributed by atoms with van der Waals surface area (Å²) in [6.07, 6.45) is 0.588. The van der Waals surface area contributed by atoms with E-state index < -0.39 is 0 Å². The molecule has 0 saturated carbocycles. The number of amides is 1. The average molecular weight is 298 g/mol. The van der Waals surface area contributed by atoms with E-state index in [-0.39, 0.29) is 12.3 Å². The van der Waals surface area contributed by atoms with Crippen LogP contribution in [0, 0.1) is 6.92 Å². The summed E-state index contributed by atoms with van der Waals surface area (Å²) in [6, 6.07) is 11.1. The summed E-state index contributed by atoms with van der Waals surface area (Å²) in [6.45, 7) is 1.76. The summed E-state index contributed by atoms with van der Waals surface area (Å²) in [5.41, 5.74) is 0.851. The predicted octanol–water partition coefficient (Wildman–Crippen LogP) is 2.60. The molecular weight excluding hydrogens is 284 g/mol. The zero-order valence-corrected chi connectivity index (χ0v) is 11.9. The monoisotopic (exact) mass is 298 g/mol. The molecule has 22 heavy (non-hydrogen) atoms. The van der Waals surface area contributed by atoms with Gasteiger partial charge in [0.1, 0.15) is 5.76 Å². The van der Waals surface area contributed by atoms with E-state index in [2.05, 4.69) is 20.7 Å². The summed E-state index contributed by atoms with van der Waals surface area (Å²) in [7, 11) is 0. The second-order valence-electron chi connectivity index (χ2n) is 4.74. The highest BCUT2D eigenvalue weighted by Gasteiger charge is 2.11. The van der Waals surface area contributed by atoms with Gasteiger partial charge in [0.2, 0.25) is 17.7 Å². The van der Waals surface area contributed by atoms with Crippen molar-refractivity contribution in [2.75, 3.05) is 5.32 Å². The van der Waals surface area contributed by atoms with Gasteiger partial charge in [0.05, 0.1) is 0 Å². The van der Waals surface area contributed by atoms with Gasteiger partial charge >= 0.3 is 0 Å². The standard InChI is InChI=1S/C15H14N4O3/c1-10-9-12(19-22-10)16-13(20)7-8-14-17-18-15(21-14)11-5-3-2-4-6-11/h2-6,9H,7-8H2,1H3,(H,16,19,20). The van der Waals surface area contributed by atoms with Crippen LogP contribution in [0.5, 0.6) is 0 Å². The van der Waals surface area contributed by atoms with Crippen LogP contribution in [0.2, 0.25) is 0 Å². The van der Waals surface area contributed by atoms with Crippen molar-refractivity contribution in [3.8, 4) is 11.5 Å². The molecule has 0 radical (unpaired) electrons. The van der Waals surface area contributed by atoms with E-state index in [0.717, 1.165) is 5.56 Å². The van der Waals surface area contributed by atoms with Crippen LogP contribution in [-0.4, -0.2) is 21.3 Å². The molecule has 0 bridgehead atoms. The van der Waals surface area contributed by atoms with E-state index in [1.807, 2.05) is 30.3 Å². The highest BCUT2D eigenvalue weighted by molar-refractivity contribution is 5.89. The quantitative estimate of drug-likeness (QED) is 0.778. The Labute approximate surface area is 126 Å². The Balaban J connectivity index is 1.56. The van der Waals surface area contributed by atoms with Gasteiger partial charge in [0.15, 0.2) is 5.82 Å². The molecule has 0 aliphatic heterocycles. The molecule has 2 heterocycles. The number of hydrogen-bond donors (Lipinski definition) is 1. The van der Waals surface area contributed by atoms with E-state index in [1.54, 1.807) is 13.0 Å². The molecule has 0 saturated heterocycles. The first-order valence-corrected chi connectivity index (χ1v) is 6.82. The van der Waals surface area contributed by atoms with Crippen LogP contribution < -0.4 is 5.32 Å². The molecular formula is C15H14N4O3. The third kappa shape index (κ3) is 3.38. The maximum absolute atomic E-state index is 11.8. The van der Waals surface area contributed by atoms with Gasteiger partial charge < -0.3 is 14.3 Å². The Kier molecular flexibility index (Phi) is 3.95. The highest BCUT2D eigenvalue weighted by atomic mass is 16.5. The number of aromatic nitrogens is 3. The lowest BCUT2D eigenvalue weighted by Crippen LogP contribution is -2.12. The SMILES string of the molecule is Cc1cc(NC(=O)CCc2nnc(-c3ccccc3)o2)no1. The van der Waals surface area contributed by atoms with Crippen LogP contribution in [0.4, 0.5) is 5.82 Å². The minimum atomic E-state index is -0.187. The Hall–Kier alpha value is -2.96. The van der Waals surface area contributed by atoms with Crippen LogP contribution in [0.3, 0.4) is 0 Å². The minimum Gasteiger partial charge on any atom is -0.421 e. The first-order valence-electron chi connectivity index (χ1n) is 6.82. The normalized spacial score (nSPS) is 10.6. The largest absolute Gasteiger partial charge is 0.421 e. The van der Waals surface area contributed by atoms with E-state index in [9.17, 15) is 4.79 Å². The molecule has 1 N–H and O–H groups in total. The topological polar surface area (TPSA) is 94.1 Å². The van der Waals surface area contributed by atoms with E-state index in [0.29, 0.717) is 29.8 Å². The summed E-state index contributed by atoms with van der Waals surface area (Å²) in [4.78, 5) is 11.8. The molecule has 0 unspecified atom stereocenters. The lowest BCUT2D eigenvalue weighted by atomic mass is 10.2. The number of carbonyl (C=O) groups excluding carboxylic acids is 1. The minimum absolute atomic E-state index is 0.187. The molecule has 7 nitrogen and oxygen atoms in total. The number of anilines is 1. The van der Waals surface area contributed by atoms with E-state index in [4.69, 9.17) is 8.94 Å². The number of nitrogens with zero attached hydrogens (tertiary/aromatic N) is 3. The number of rotatable bonds is 5. The number of benzene rings is 1. The van der Waals surface area contributed by atoms with Crippen molar-refractivity contribution in [1.82, 2.24) is 15.4 Å². The average Bonchev–Trinajstić information content (AvgIpc) is 3.15. The molecule has 3 rings (SSSR count). The molecule has 1 aromatic carbocycles. The highest BCUT2D eigenvalue weighted by Crippen LogP contribution is 2.17. The fraction of sp³-hybridized carbons (Fsp3) is 0.200. The number of nitrogens with one attached hydrogen (secondary N) is 1. The first kappa shape index (κ1) is 14.0. The maximum Gasteiger partial charge on any atom is 0.247 e. The Morgan fingerprint density at radius 3 is 2.77 bits per heavy atom. The van der Waals surface area contributed by atoms with Gasteiger partial charge in [-0.1, -0.05) is 23.4 Å². The molecule has 1 amide bonds. The molecule has 2 aromatic heterocycles. The lowest BCUT2D eigenvalue weighted by Gasteiger charge is -1.98. The van der Waals surface area contributed by atoms with Gasteiger partial charge in [-0.25, -0.2) is 0 Å². The molecule has 0 aliphatic rings. The van der Waals surface area contributed by atoms with Crippen molar-refractivity contribution in [3.05, 3.63) is 48.0 Å². The zero-order valence-electron chi connectivity index (χ0n) is 11.9. The van der Waals surface area contributed by atoms with Crippen molar-refractivity contribution < 1.29 is 13.7 Å². The molecule has 7 heteroatoms. The molecule has 112 valence electrons. The Morgan fingerprint density at radius 1 is 1.23 bits per heavy atom. The third-order valence-corrected chi connectivity index (χ3v) is 2.95. The third-order valence-electron chi connectivity index (χ3n) is 2.95. The van der Waals surface area contributed by atoms with Crippen molar-refractivity contribution in [1.29, 1.82) is 0 Å². The second kappa shape index (κ2) is 6.21. The second-order valence-corrected chi connectivity index (χ2v) is 4.74. The summed E-state index contributed by atoms with van der Waals surface area (Å²) < 4.78 is 10.4. The van der Waals surface area contributed by atoms with Crippen molar-refractivity contribution in [3.63, 3.8) is 0 Å². The summed E-state index contributed by atoms with van der Waals surface area (Å²) in [5, 5.41) is 14.3. The van der Waals surface area contributed by atoms with Gasteiger partial charge in [0.25, 0.3) is 0 Å². The van der Waals surface area contributed by atoms with Gasteiger partial charge in [-0.05, 0) is 19.1 Å². The molecule has 0 aliphatic carbocycles. The van der Waals surface area contributed by atoms with Gasteiger partial charge in [-0.3, -0.25) is 4.79 Å². The van der Waals surface area contributed by atoms with Crippen LogP contribution in [-0.2, 0) is 11.2 Å². The molecule has 0 atom stereocenters. The van der Waals surface area contributed by atoms with Crippen LogP contribution in [0.15, 0.2) is 45.3 Å². The summed E-state index contributed by atoms with van der Waals surface area (Å²) >= 11 is 0. The zero-order chi connectivity index (χ0) is 15.4. The molecule has 3 aromatic rings. The van der Waals surface area contributed by atoms with Crippen molar-refractivity contribution >= 4 is 11.7 Å². The summed E-state index contributed by atoms with van der Waals surface area (Å²) in [5.74, 6) is 1.72. The van der Waals surface area contributed by atoms with E-state index in [1.165, 1.54) is 0 Å². The lowest BCUT2D eigenvalue weighted by molar-refractivity contribution is -0.116. The first-order chi connectivity index (χ1) is 10.7. The Bertz CT molecular complexity index is 764. The van der Waals surface area contributed by atoms with Crippen molar-refractivity contribution in [2.24, 2.45) is 0 Å². The van der Waals surface area contributed by atoms with Crippen LogP contribution in [0.25, 0.3) is 11.5 Å². The van der Waals surface area contributed by atoms with Gasteiger partial charge in [-0.15, -0.1) is 10.2 Å². The fourth-order valence-corrected chi connectivity index (χ4v) is 1.90. The van der Waals surface area contributed by atoms with Gasteiger partial charge in [0, 0.05) is 24.5 Å². The van der Waals surface area contributed by atoms with Crippen molar-refractivity contribution in [2.45, 2.75) is 19.8 Å². The maximum atomic E-state index is 11.8. The molecule has 0 fully saturated rings. The van der Waals surface area contributed by atoms with Crippen LogP contribution in [0.1, 0.15) is 18.1 Å². The van der Waals surface area contributed by atoms with Gasteiger partial charge in [-0.2, -0.15) is 0 Å². The Morgan fingerprint density at radius 2 is 2.05 bits per heavy atom. The number of aryl methyl sites for hydroxylation is 2. The van der Waals surface area contributed by atoms with E-state index >= 15 is 0 Å².